The van der Waals surface area contributed by atoms with Gasteiger partial charge in [0.15, 0.2) is 6.10 Å². The van der Waals surface area contributed by atoms with E-state index in [0.717, 1.165) is 141 Å². The quantitative estimate of drug-likeness (QED) is 0.0262. The molecule has 0 N–H and O–H groups in total. The molecule has 0 radical (unpaired) electrons. The van der Waals surface area contributed by atoms with Gasteiger partial charge in [-0.3, -0.25) is 14.4 Å². The molecule has 0 heterocycles. The first-order chi connectivity index (χ1) is 35.0. The molecule has 0 aromatic rings. The van der Waals surface area contributed by atoms with E-state index in [1.807, 2.05) is 12.2 Å². The Balaban J connectivity index is 4.38. The second-order valence-corrected chi connectivity index (χ2v) is 17.7. The summed E-state index contributed by atoms with van der Waals surface area (Å²) in [5.74, 6) is -1.04. The fourth-order valence-electron chi connectivity index (χ4n) is 6.92. The SMILES string of the molecule is CC/C=C\C/C=C\C/C=C\C/C=C\C/C=C\C/C=C\C/C=C\CCCCCCCC(=O)OCC(COC(=O)CCCCCCCCC)OC(=O)CC/C=C\C/C=C\C/C=C\C/C=C\C/C=C\C/C=C\CC. The van der Waals surface area contributed by atoms with Crippen LogP contribution in [0.3, 0.4) is 0 Å². The van der Waals surface area contributed by atoms with E-state index >= 15 is 0 Å². The van der Waals surface area contributed by atoms with E-state index in [0.29, 0.717) is 19.3 Å². The smallest absolute Gasteiger partial charge is 0.306 e. The van der Waals surface area contributed by atoms with Gasteiger partial charge in [-0.15, -0.1) is 0 Å². The van der Waals surface area contributed by atoms with Crippen molar-refractivity contribution in [1.29, 1.82) is 0 Å². The molecular formula is C65H100O6. The normalized spacial score (nSPS) is 13.3. The van der Waals surface area contributed by atoms with Crippen molar-refractivity contribution in [2.45, 2.75) is 219 Å². The lowest BCUT2D eigenvalue weighted by Crippen LogP contribution is -2.30. The van der Waals surface area contributed by atoms with Crippen LogP contribution in [0.2, 0.25) is 0 Å². The summed E-state index contributed by atoms with van der Waals surface area (Å²) in [7, 11) is 0. The number of hydrogen-bond acceptors (Lipinski definition) is 6. The first-order valence-electron chi connectivity index (χ1n) is 28.0. The summed E-state index contributed by atoms with van der Waals surface area (Å²) in [6.07, 6.45) is 84.1. The minimum Gasteiger partial charge on any atom is -0.462 e. The second kappa shape index (κ2) is 57.6. The highest BCUT2D eigenvalue weighted by Crippen LogP contribution is 2.12. The lowest BCUT2D eigenvalue weighted by atomic mass is 10.1. The molecule has 0 aromatic heterocycles. The summed E-state index contributed by atoms with van der Waals surface area (Å²) in [5.41, 5.74) is 0. The molecule has 1 unspecified atom stereocenters. The van der Waals surface area contributed by atoms with Crippen molar-refractivity contribution in [3.8, 4) is 0 Å². The van der Waals surface area contributed by atoms with Crippen molar-refractivity contribution in [1.82, 2.24) is 0 Å². The van der Waals surface area contributed by atoms with Crippen LogP contribution >= 0.6 is 0 Å². The number of rotatable bonds is 48. The van der Waals surface area contributed by atoms with Crippen molar-refractivity contribution >= 4 is 17.9 Å². The van der Waals surface area contributed by atoms with Gasteiger partial charge >= 0.3 is 17.9 Å². The Morgan fingerprint density at radius 1 is 0.296 bits per heavy atom. The van der Waals surface area contributed by atoms with Gasteiger partial charge in [0, 0.05) is 19.3 Å². The number of unbranched alkanes of at least 4 members (excludes halogenated alkanes) is 11. The number of esters is 3. The molecule has 0 aromatic carbocycles. The Hall–Kier alpha value is -4.97. The van der Waals surface area contributed by atoms with Crippen LogP contribution in [-0.2, 0) is 28.6 Å². The molecule has 0 saturated heterocycles. The molecule has 0 aliphatic heterocycles. The lowest BCUT2D eigenvalue weighted by molar-refractivity contribution is -0.166. The van der Waals surface area contributed by atoms with Crippen molar-refractivity contribution in [3.63, 3.8) is 0 Å². The van der Waals surface area contributed by atoms with E-state index in [-0.39, 0.29) is 31.6 Å². The second-order valence-electron chi connectivity index (χ2n) is 17.7. The Bertz CT molecular complexity index is 1640. The van der Waals surface area contributed by atoms with Gasteiger partial charge in [0.05, 0.1) is 0 Å². The maximum Gasteiger partial charge on any atom is 0.306 e. The Labute approximate surface area is 435 Å². The molecule has 6 nitrogen and oxygen atoms in total. The van der Waals surface area contributed by atoms with Crippen LogP contribution in [0.5, 0.6) is 0 Å². The number of carbonyl (C=O) groups excluding carboxylic acids is 3. The number of carbonyl (C=O) groups is 3. The summed E-state index contributed by atoms with van der Waals surface area (Å²) < 4.78 is 16.7. The summed E-state index contributed by atoms with van der Waals surface area (Å²) in [6, 6.07) is 0. The maximum atomic E-state index is 12.8. The largest absolute Gasteiger partial charge is 0.462 e. The molecule has 0 bridgehead atoms. The van der Waals surface area contributed by atoms with Crippen LogP contribution in [0.1, 0.15) is 213 Å². The predicted molar refractivity (Wildman–Crippen MR) is 306 cm³/mol. The number of allylic oxidation sites excluding steroid dienone is 26. The average molecular weight is 978 g/mol. The van der Waals surface area contributed by atoms with Crippen molar-refractivity contribution in [3.05, 3.63) is 158 Å². The van der Waals surface area contributed by atoms with E-state index in [1.54, 1.807) is 0 Å². The van der Waals surface area contributed by atoms with Crippen LogP contribution in [0.15, 0.2) is 158 Å². The molecule has 0 rings (SSSR count). The van der Waals surface area contributed by atoms with Crippen LogP contribution in [-0.4, -0.2) is 37.2 Å². The third-order valence-corrected chi connectivity index (χ3v) is 11.0. The third kappa shape index (κ3) is 55.8. The molecule has 6 heteroatoms. The first kappa shape index (κ1) is 66.0. The molecule has 0 aliphatic rings. The molecule has 0 saturated carbocycles. The molecule has 0 spiro atoms. The van der Waals surface area contributed by atoms with Gasteiger partial charge in [-0.2, -0.15) is 0 Å². The highest BCUT2D eigenvalue weighted by atomic mass is 16.6. The van der Waals surface area contributed by atoms with Gasteiger partial charge in [-0.1, -0.05) is 237 Å². The summed E-state index contributed by atoms with van der Waals surface area (Å²) >= 11 is 0. The van der Waals surface area contributed by atoms with E-state index in [2.05, 4.69) is 167 Å². The predicted octanol–water partition coefficient (Wildman–Crippen LogP) is 19.0. The summed E-state index contributed by atoms with van der Waals surface area (Å²) in [5, 5.41) is 0. The Morgan fingerprint density at radius 3 is 0.915 bits per heavy atom. The van der Waals surface area contributed by atoms with Crippen LogP contribution in [0.4, 0.5) is 0 Å². The standard InChI is InChI=1S/C65H100O6/c1-4-7-10-13-16-18-20-22-24-26-28-29-30-31-32-33-34-35-37-38-40-42-44-46-49-52-55-58-64(67)70-61-62(60-69-63(66)57-54-51-48-15-12-9-6-3)71-65(68)59-56-53-50-47-45-43-41-39-36-27-25-23-21-19-17-14-11-8-5-2/h7-8,10-11,16-19,22-25,28-29,31-32,34-36,38-40,43,45,50,53,62H,4-6,9,12-15,20-21,26-27,30,33,37,41-42,44,46-49,51-52,54-61H2,1-3H3/b10-7-,11-8-,18-16-,19-17-,24-22-,25-23-,29-28-,32-31-,35-34-,39-36-,40-38-,45-43-,53-50-. The van der Waals surface area contributed by atoms with Gasteiger partial charge in [0.25, 0.3) is 0 Å². The molecule has 0 fully saturated rings. The highest BCUT2D eigenvalue weighted by molar-refractivity contribution is 5.71. The molecule has 71 heavy (non-hydrogen) atoms. The fraction of sp³-hybridized carbons (Fsp3) is 0.554. The topological polar surface area (TPSA) is 78.9 Å². The zero-order chi connectivity index (χ0) is 51.4. The zero-order valence-electron chi connectivity index (χ0n) is 45.2. The van der Waals surface area contributed by atoms with E-state index in [1.165, 1.54) is 25.7 Å². The third-order valence-electron chi connectivity index (χ3n) is 11.0. The minimum absolute atomic E-state index is 0.121. The molecule has 1 atom stereocenters. The van der Waals surface area contributed by atoms with Gasteiger partial charge in [-0.05, 0) is 116 Å². The Morgan fingerprint density at radius 2 is 0.577 bits per heavy atom. The first-order valence-corrected chi connectivity index (χ1v) is 28.0. The van der Waals surface area contributed by atoms with Gasteiger partial charge in [0.2, 0.25) is 0 Å². The van der Waals surface area contributed by atoms with Crippen molar-refractivity contribution < 1.29 is 28.6 Å². The number of hydrogen-bond donors (Lipinski definition) is 0. The van der Waals surface area contributed by atoms with Crippen LogP contribution in [0, 0.1) is 0 Å². The molecule has 396 valence electrons. The van der Waals surface area contributed by atoms with E-state index in [9.17, 15) is 14.4 Å². The fourth-order valence-corrected chi connectivity index (χ4v) is 6.92. The monoisotopic (exact) mass is 977 g/mol. The highest BCUT2D eigenvalue weighted by Gasteiger charge is 2.19. The van der Waals surface area contributed by atoms with E-state index in [4.69, 9.17) is 14.2 Å². The van der Waals surface area contributed by atoms with Gasteiger partial charge in [0.1, 0.15) is 13.2 Å². The van der Waals surface area contributed by atoms with Crippen LogP contribution < -0.4 is 0 Å². The van der Waals surface area contributed by atoms with Crippen LogP contribution in [0.25, 0.3) is 0 Å². The van der Waals surface area contributed by atoms with Gasteiger partial charge in [-0.25, -0.2) is 0 Å². The van der Waals surface area contributed by atoms with Crippen molar-refractivity contribution in [2.24, 2.45) is 0 Å². The zero-order valence-corrected chi connectivity index (χ0v) is 45.2. The summed E-state index contributed by atoms with van der Waals surface area (Å²) in [6.45, 7) is 6.26. The lowest BCUT2D eigenvalue weighted by Gasteiger charge is -2.18. The molecular weight excluding hydrogens is 877 g/mol. The van der Waals surface area contributed by atoms with E-state index < -0.39 is 12.1 Å². The number of ether oxygens (including phenoxy) is 3. The maximum absolute atomic E-state index is 12.8. The minimum atomic E-state index is -0.831. The summed E-state index contributed by atoms with van der Waals surface area (Å²) in [4.78, 5) is 37.9. The average Bonchev–Trinajstić information content (AvgIpc) is 3.37. The Kier molecular flexibility index (Phi) is 53.6. The van der Waals surface area contributed by atoms with Gasteiger partial charge < -0.3 is 14.2 Å². The molecule has 0 amide bonds. The van der Waals surface area contributed by atoms with Crippen molar-refractivity contribution in [2.75, 3.05) is 13.2 Å². The molecule has 0 aliphatic carbocycles.